The van der Waals surface area contributed by atoms with Gasteiger partial charge in [0.15, 0.2) is 0 Å². The van der Waals surface area contributed by atoms with Gasteiger partial charge in [-0.3, -0.25) is 9.59 Å². The van der Waals surface area contributed by atoms with Crippen molar-refractivity contribution in [2.75, 3.05) is 0 Å². The molecular formula is C8H9ClO3. The number of hydrogen-bond donors (Lipinski definition) is 1. The highest BCUT2D eigenvalue weighted by Crippen LogP contribution is 2.49. The second-order valence-corrected chi connectivity index (χ2v) is 4.12. The van der Waals surface area contributed by atoms with Crippen molar-refractivity contribution in [1.82, 2.24) is 0 Å². The number of carbonyl (C=O) groups is 2. The van der Waals surface area contributed by atoms with E-state index in [-0.39, 0.29) is 23.0 Å². The lowest BCUT2D eigenvalue weighted by atomic mass is 9.98. The molecule has 3 nitrogen and oxygen atoms in total. The van der Waals surface area contributed by atoms with Gasteiger partial charge in [0.05, 0.1) is 5.92 Å². The van der Waals surface area contributed by atoms with Crippen molar-refractivity contribution in [3.05, 3.63) is 0 Å². The van der Waals surface area contributed by atoms with Gasteiger partial charge < -0.3 is 5.11 Å². The Morgan fingerprint density at radius 1 is 1.58 bits per heavy atom. The topological polar surface area (TPSA) is 54.4 Å². The summed E-state index contributed by atoms with van der Waals surface area (Å²) in [7, 11) is 0. The minimum Gasteiger partial charge on any atom is -0.481 e. The lowest BCUT2D eigenvalue weighted by Gasteiger charge is -2.12. The highest BCUT2D eigenvalue weighted by Gasteiger charge is 2.55. The van der Waals surface area contributed by atoms with Crippen molar-refractivity contribution in [3.63, 3.8) is 0 Å². The maximum atomic E-state index is 11.2. The molecule has 0 saturated heterocycles. The molecule has 0 spiro atoms. The second-order valence-electron chi connectivity index (χ2n) is 3.56. The van der Waals surface area contributed by atoms with E-state index in [9.17, 15) is 9.59 Å². The first kappa shape index (κ1) is 8.05. The summed E-state index contributed by atoms with van der Waals surface area (Å²) in [6, 6.07) is 0. The summed E-state index contributed by atoms with van der Waals surface area (Å²) in [6.45, 7) is 0. The molecule has 0 aromatic heterocycles. The normalized spacial score (nSPS) is 45.2. The number of aliphatic carboxylic acids is 1. The van der Waals surface area contributed by atoms with Crippen LogP contribution in [0.25, 0.3) is 0 Å². The minimum absolute atomic E-state index is 0.0873. The Morgan fingerprint density at radius 2 is 2.25 bits per heavy atom. The molecule has 66 valence electrons. The Balaban J connectivity index is 2.28. The quantitative estimate of drug-likeness (QED) is 0.623. The van der Waals surface area contributed by atoms with Gasteiger partial charge in [-0.2, -0.15) is 0 Å². The molecule has 0 aromatic carbocycles. The van der Waals surface area contributed by atoms with E-state index < -0.39 is 11.9 Å². The minimum atomic E-state index is -0.862. The molecule has 1 N–H and O–H groups in total. The van der Waals surface area contributed by atoms with E-state index in [1.54, 1.807) is 0 Å². The Bertz CT molecular complexity index is 251. The zero-order chi connectivity index (χ0) is 8.88. The SMILES string of the molecule is O=C(O)[C@@H]1[C@@H]2CC(=O)[C@H]1C[C@H]2Cl. The molecule has 0 heterocycles. The number of rotatable bonds is 1. The molecule has 4 heteroatoms. The summed E-state index contributed by atoms with van der Waals surface area (Å²) in [5.41, 5.74) is 0. The second kappa shape index (κ2) is 2.46. The van der Waals surface area contributed by atoms with Crippen molar-refractivity contribution in [2.45, 2.75) is 18.2 Å². The van der Waals surface area contributed by atoms with Crippen molar-refractivity contribution in [2.24, 2.45) is 17.8 Å². The van der Waals surface area contributed by atoms with Crippen LogP contribution in [0.4, 0.5) is 0 Å². The average Bonchev–Trinajstić information content (AvgIpc) is 2.41. The van der Waals surface area contributed by atoms with Crippen LogP contribution in [0.3, 0.4) is 0 Å². The molecule has 2 rings (SSSR count). The number of carboxylic acid groups (broad SMARTS) is 1. The third-order valence-electron chi connectivity index (χ3n) is 2.97. The van der Waals surface area contributed by atoms with Crippen LogP contribution in [0.1, 0.15) is 12.8 Å². The average molecular weight is 189 g/mol. The molecule has 2 aliphatic carbocycles. The molecule has 2 saturated carbocycles. The number of carbonyl (C=O) groups excluding carboxylic acids is 1. The predicted octanol–water partition coefficient (Wildman–Crippen LogP) is 0.904. The van der Waals surface area contributed by atoms with Gasteiger partial charge in [-0.15, -0.1) is 11.6 Å². The molecule has 2 fully saturated rings. The van der Waals surface area contributed by atoms with Gasteiger partial charge in [0.1, 0.15) is 5.78 Å². The fourth-order valence-electron chi connectivity index (χ4n) is 2.41. The Kier molecular flexibility index (Phi) is 1.65. The number of Topliss-reactive ketones (excluding diaryl/α,β-unsaturated/α-hetero) is 1. The number of carboxylic acids is 1. The van der Waals surface area contributed by atoms with Crippen molar-refractivity contribution in [3.8, 4) is 0 Å². The van der Waals surface area contributed by atoms with Crippen LogP contribution in [-0.4, -0.2) is 22.2 Å². The van der Waals surface area contributed by atoms with E-state index in [0.29, 0.717) is 12.8 Å². The Hall–Kier alpha value is -0.570. The monoisotopic (exact) mass is 188 g/mol. The molecule has 0 aliphatic heterocycles. The van der Waals surface area contributed by atoms with Gasteiger partial charge in [-0.05, 0) is 12.3 Å². The number of alkyl halides is 1. The first-order valence-corrected chi connectivity index (χ1v) is 4.44. The van der Waals surface area contributed by atoms with Crippen molar-refractivity contribution < 1.29 is 14.7 Å². The molecule has 4 atom stereocenters. The third kappa shape index (κ3) is 0.891. The maximum absolute atomic E-state index is 11.2. The molecular weight excluding hydrogens is 180 g/mol. The van der Waals surface area contributed by atoms with Gasteiger partial charge in [0.2, 0.25) is 0 Å². The van der Waals surface area contributed by atoms with Crippen LogP contribution in [0, 0.1) is 17.8 Å². The summed E-state index contributed by atoms with van der Waals surface area (Å²) >= 11 is 5.90. The Morgan fingerprint density at radius 3 is 2.58 bits per heavy atom. The summed E-state index contributed by atoms with van der Waals surface area (Å²) in [6.07, 6.45) is 0.928. The number of fused-ring (bicyclic) bond motifs is 2. The zero-order valence-corrected chi connectivity index (χ0v) is 7.12. The lowest BCUT2D eigenvalue weighted by Crippen LogP contribution is -2.20. The van der Waals surface area contributed by atoms with E-state index in [4.69, 9.17) is 16.7 Å². The number of hydrogen-bond acceptors (Lipinski definition) is 2. The molecule has 2 aliphatic rings. The Labute approximate surface area is 74.7 Å². The number of ketones is 1. The van der Waals surface area contributed by atoms with Crippen LogP contribution in [-0.2, 0) is 9.59 Å². The van der Waals surface area contributed by atoms with Crippen molar-refractivity contribution >= 4 is 23.4 Å². The third-order valence-corrected chi connectivity index (χ3v) is 3.48. The van der Waals surface area contributed by atoms with E-state index in [1.807, 2.05) is 0 Å². The number of halogens is 1. The highest BCUT2D eigenvalue weighted by atomic mass is 35.5. The predicted molar refractivity (Wildman–Crippen MR) is 42.0 cm³/mol. The van der Waals surface area contributed by atoms with Crippen LogP contribution >= 0.6 is 11.6 Å². The van der Waals surface area contributed by atoms with Gasteiger partial charge in [-0.25, -0.2) is 0 Å². The maximum Gasteiger partial charge on any atom is 0.307 e. The highest BCUT2D eigenvalue weighted by molar-refractivity contribution is 6.22. The van der Waals surface area contributed by atoms with Gasteiger partial charge in [0.25, 0.3) is 0 Å². The van der Waals surface area contributed by atoms with Crippen LogP contribution in [0.2, 0.25) is 0 Å². The molecule has 12 heavy (non-hydrogen) atoms. The van der Waals surface area contributed by atoms with Crippen LogP contribution < -0.4 is 0 Å². The molecule has 2 bridgehead atoms. The molecule has 0 aromatic rings. The molecule has 0 radical (unpaired) electrons. The first-order chi connectivity index (χ1) is 5.61. The van der Waals surface area contributed by atoms with Crippen LogP contribution in [0.5, 0.6) is 0 Å². The van der Waals surface area contributed by atoms with Gasteiger partial charge in [-0.1, -0.05) is 0 Å². The van der Waals surface area contributed by atoms with E-state index >= 15 is 0 Å². The largest absolute Gasteiger partial charge is 0.481 e. The fraction of sp³-hybridized carbons (Fsp3) is 0.750. The van der Waals surface area contributed by atoms with Gasteiger partial charge in [0, 0.05) is 17.7 Å². The fourth-order valence-corrected chi connectivity index (χ4v) is 2.85. The summed E-state index contributed by atoms with van der Waals surface area (Å²) < 4.78 is 0. The molecule has 0 unspecified atom stereocenters. The lowest BCUT2D eigenvalue weighted by molar-refractivity contribution is -0.144. The summed E-state index contributed by atoms with van der Waals surface area (Å²) in [4.78, 5) is 21.9. The summed E-state index contributed by atoms with van der Waals surface area (Å²) in [5.74, 6) is -1.68. The van der Waals surface area contributed by atoms with E-state index in [0.717, 1.165) is 0 Å². The van der Waals surface area contributed by atoms with Gasteiger partial charge >= 0.3 is 5.97 Å². The van der Waals surface area contributed by atoms with Crippen LogP contribution in [0.15, 0.2) is 0 Å². The summed E-state index contributed by atoms with van der Waals surface area (Å²) in [5, 5.41) is 8.72. The smallest absolute Gasteiger partial charge is 0.307 e. The standard InChI is InChI=1S/C8H9ClO3/c9-5-1-4-6(10)2-3(5)7(4)8(11)12/h3-5,7H,1-2H2,(H,11,12)/t3-,4-,5-,7-/m1/s1. The zero-order valence-electron chi connectivity index (χ0n) is 6.37. The van der Waals surface area contributed by atoms with E-state index in [1.165, 1.54) is 0 Å². The van der Waals surface area contributed by atoms with Crippen molar-refractivity contribution in [1.29, 1.82) is 0 Å². The van der Waals surface area contributed by atoms with E-state index in [2.05, 4.69) is 0 Å². The first-order valence-electron chi connectivity index (χ1n) is 4.01. The molecule has 0 amide bonds.